The van der Waals surface area contributed by atoms with Crippen LogP contribution in [0.3, 0.4) is 0 Å². The number of pyridine rings is 1. The quantitative estimate of drug-likeness (QED) is 0.371. The lowest BCUT2D eigenvalue weighted by Gasteiger charge is -2.08. The van der Waals surface area contributed by atoms with E-state index in [0.29, 0.717) is 11.3 Å². The number of para-hydroxylation sites is 1. The molecule has 0 radical (unpaired) electrons. The zero-order valence-corrected chi connectivity index (χ0v) is 10.3. The molecule has 2 N–H and O–H groups in total. The van der Waals surface area contributed by atoms with Gasteiger partial charge < -0.3 is 10.2 Å². The molecule has 5 heteroatoms. The normalized spacial score (nSPS) is 12.0. The smallest absolute Gasteiger partial charge is 0.258 e. The number of aromatic amines is 1. The first-order valence-electron chi connectivity index (χ1n) is 5.07. The largest absolute Gasteiger partial charge is 0.411 e. The molecule has 1 heterocycles. The molecule has 4 nitrogen and oxygen atoms in total. The van der Waals surface area contributed by atoms with Crippen LogP contribution in [0.25, 0.3) is 10.9 Å². The molecule has 1 aromatic carbocycles. The lowest BCUT2D eigenvalue weighted by Crippen LogP contribution is -2.18. The number of hydrogen-bond donors (Lipinski definition) is 2. The molecular formula is C12H12N2O2S. The fraction of sp³-hybridized carbons (Fsp3) is 0.167. The number of aromatic nitrogens is 1. The summed E-state index contributed by atoms with van der Waals surface area (Å²) in [6, 6.07) is 7.57. The summed E-state index contributed by atoms with van der Waals surface area (Å²) < 4.78 is 0. The Morgan fingerprint density at radius 1 is 1.41 bits per heavy atom. The average Bonchev–Trinajstić information content (AvgIpc) is 2.36. The van der Waals surface area contributed by atoms with Crippen molar-refractivity contribution in [2.24, 2.45) is 5.16 Å². The zero-order chi connectivity index (χ0) is 12.4. The lowest BCUT2D eigenvalue weighted by atomic mass is 10.1. The molecule has 0 saturated heterocycles. The van der Waals surface area contributed by atoms with Crippen LogP contribution in [-0.2, 0) is 0 Å². The van der Waals surface area contributed by atoms with E-state index in [9.17, 15) is 4.79 Å². The van der Waals surface area contributed by atoms with Gasteiger partial charge in [0, 0.05) is 15.8 Å². The van der Waals surface area contributed by atoms with Gasteiger partial charge in [0.15, 0.2) is 0 Å². The van der Waals surface area contributed by atoms with Crippen molar-refractivity contribution in [3.05, 3.63) is 40.2 Å². The Balaban J connectivity index is 2.93. The topological polar surface area (TPSA) is 65.5 Å². The number of rotatable bonds is 2. The second-order valence-corrected chi connectivity index (χ2v) is 4.41. The van der Waals surface area contributed by atoms with Crippen molar-refractivity contribution in [3.63, 3.8) is 0 Å². The maximum atomic E-state index is 12.0. The van der Waals surface area contributed by atoms with Crippen LogP contribution in [0.4, 0.5) is 0 Å². The Bertz CT molecular complexity index is 646. The minimum absolute atomic E-state index is 0.233. The van der Waals surface area contributed by atoms with Crippen LogP contribution in [0.15, 0.2) is 39.1 Å². The average molecular weight is 248 g/mol. The Kier molecular flexibility index (Phi) is 3.19. The first kappa shape index (κ1) is 11.7. The number of nitrogens with zero attached hydrogens (tertiary/aromatic N) is 1. The molecule has 0 aliphatic rings. The Labute approximate surface area is 102 Å². The number of H-pyrrole nitrogens is 1. The molecule has 0 amide bonds. The van der Waals surface area contributed by atoms with Gasteiger partial charge in [-0.05, 0) is 19.2 Å². The molecular weight excluding hydrogens is 236 g/mol. The second kappa shape index (κ2) is 4.63. The van der Waals surface area contributed by atoms with Gasteiger partial charge in [0.25, 0.3) is 5.56 Å². The highest BCUT2D eigenvalue weighted by Gasteiger charge is 2.14. The molecule has 0 aliphatic heterocycles. The molecule has 0 saturated carbocycles. The third-order valence-electron chi connectivity index (χ3n) is 2.59. The third-order valence-corrected chi connectivity index (χ3v) is 3.42. The van der Waals surface area contributed by atoms with Gasteiger partial charge in [-0.2, -0.15) is 0 Å². The molecule has 88 valence electrons. The SMILES string of the molecule is CSc1c(C(C)=NO)c(=O)[nH]c2ccccc12. The zero-order valence-electron chi connectivity index (χ0n) is 9.52. The van der Waals surface area contributed by atoms with Gasteiger partial charge >= 0.3 is 0 Å². The molecule has 0 fully saturated rings. The van der Waals surface area contributed by atoms with E-state index in [1.54, 1.807) is 6.92 Å². The third kappa shape index (κ3) is 1.93. The lowest BCUT2D eigenvalue weighted by molar-refractivity contribution is 0.319. The summed E-state index contributed by atoms with van der Waals surface area (Å²) in [5.74, 6) is 0. The number of oxime groups is 1. The second-order valence-electron chi connectivity index (χ2n) is 3.59. The minimum atomic E-state index is -0.233. The van der Waals surface area contributed by atoms with Gasteiger partial charge in [-0.1, -0.05) is 23.4 Å². The van der Waals surface area contributed by atoms with Gasteiger partial charge in [0.1, 0.15) is 0 Å². The van der Waals surface area contributed by atoms with E-state index >= 15 is 0 Å². The number of thioether (sulfide) groups is 1. The van der Waals surface area contributed by atoms with E-state index in [-0.39, 0.29) is 5.56 Å². The van der Waals surface area contributed by atoms with Gasteiger partial charge in [-0.15, -0.1) is 11.8 Å². The molecule has 0 spiro atoms. The summed E-state index contributed by atoms with van der Waals surface area (Å²) in [7, 11) is 0. The first-order valence-corrected chi connectivity index (χ1v) is 6.29. The molecule has 2 rings (SSSR count). The molecule has 17 heavy (non-hydrogen) atoms. The molecule has 0 aliphatic carbocycles. The maximum Gasteiger partial charge on any atom is 0.258 e. The Morgan fingerprint density at radius 3 is 2.76 bits per heavy atom. The Hall–Kier alpha value is -1.75. The van der Waals surface area contributed by atoms with E-state index in [1.165, 1.54) is 11.8 Å². The highest BCUT2D eigenvalue weighted by atomic mass is 32.2. The fourth-order valence-electron chi connectivity index (χ4n) is 1.80. The van der Waals surface area contributed by atoms with E-state index in [2.05, 4.69) is 10.1 Å². The molecule has 1 aromatic heterocycles. The van der Waals surface area contributed by atoms with Crippen LogP contribution < -0.4 is 5.56 Å². The maximum absolute atomic E-state index is 12.0. The van der Waals surface area contributed by atoms with Gasteiger partial charge in [-0.25, -0.2) is 0 Å². The van der Waals surface area contributed by atoms with Gasteiger partial charge in [0.2, 0.25) is 0 Å². The van der Waals surface area contributed by atoms with Crippen molar-refractivity contribution >= 4 is 28.4 Å². The van der Waals surface area contributed by atoms with Crippen LogP contribution in [0, 0.1) is 0 Å². The fourth-order valence-corrected chi connectivity index (χ4v) is 2.65. The molecule has 0 atom stereocenters. The van der Waals surface area contributed by atoms with E-state index < -0.39 is 0 Å². The van der Waals surface area contributed by atoms with Gasteiger partial charge in [-0.3, -0.25) is 4.79 Å². The van der Waals surface area contributed by atoms with Crippen molar-refractivity contribution in [1.29, 1.82) is 0 Å². The first-order chi connectivity index (χ1) is 8.19. The predicted molar refractivity (Wildman–Crippen MR) is 70.3 cm³/mol. The summed E-state index contributed by atoms with van der Waals surface area (Å²) in [5.41, 5.74) is 1.31. The summed E-state index contributed by atoms with van der Waals surface area (Å²) >= 11 is 1.47. The minimum Gasteiger partial charge on any atom is -0.411 e. The van der Waals surface area contributed by atoms with Crippen LogP contribution in [0.1, 0.15) is 12.5 Å². The van der Waals surface area contributed by atoms with Crippen LogP contribution in [-0.4, -0.2) is 22.2 Å². The molecule has 0 unspecified atom stereocenters. The van der Waals surface area contributed by atoms with Crippen LogP contribution in [0.5, 0.6) is 0 Å². The van der Waals surface area contributed by atoms with E-state index in [4.69, 9.17) is 5.21 Å². The highest BCUT2D eigenvalue weighted by Crippen LogP contribution is 2.26. The Morgan fingerprint density at radius 2 is 2.12 bits per heavy atom. The number of hydrogen-bond acceptors (Lipinski definition) is 4. The highest BCUT2D eigenvalue weighted by molar-refractivity contribution is 7.99. The van der Waals surface area contributed by atoms with Crippen molar-refractivity contribution in [2.45, 2.75) is 11.8 Å². The summed E-state index contributed by atoms with van der Waals surface area (Å²) in [5, 5.41) is 12.9. The summed E-state index contributed by atoms with van der Waals surface area (Å²) in [6.07, 6.45) is 1.90. The predicted octanol–water partition coefficient (Wildman–Crippen LogP) is 2.45. The van der Waals surface area contributed by atoms with Crippen LogP contribution >= 0.6 is 11.8 Å². The van der Waals surface area contributed by atoms with Crippen molar-refractivity contribution < 1.29 is 5.21 Å². The standard InChI is InChI=1S/C12H12N2O2S/c1-7(14-16)10-11(17-2)8-5-3-4-6-9(8)13-12(10)15/h3-6,16H,1-2H3,(H,13,15). The number of nitrogens with one attached hydrogen (secondary N) is 1. The molecule has 0 bridgehead atoms. The molecule has 2 aromatic rings. The summed E-state index contributed by atoms with van der Waals surface area (Å²) in [4.78, 5) is 15.6. The van der Waals surface area contributed by atoms with Crippen LogP contribution in [0.2, 0.25) is 0 Å². The van der Waals surface area contributed by atoms with Crippen molar-refractivity contribution in [1.82, 2.24) is 4.98 Å². The van der Waals surface area contributed by atoms with E-state index in [1.807, 2.05) is 30.5 Å². The number of benzene rings is 1. The monoisotopic (exact) mass is 248 g/mol. The van der Waals surface area contributed by atoms with E-state index in [0.717, 1.165) is 15.8 Å². The van der Waals surface area contributed by atoms with Gasteiger partial charge in [0.05, 0.1) is 11.3 Å². The van der Waals surface area contributed by atoms with Crippen molar-refractivity contribution in [3.8, 4) is 0 Å². The van der Waals surface area contributed by atoms with Crippen molar-refractivity contribution in [2.75, 3.05) is 6.26 Å². The summed E-state index contributed by atoms with van der Waals surface area (Å²) in [6.45, 7) is 1.61. The number of fused-ring (bicyclic) bond motifs is 1.